The summed E-state index contributed by atoms with van der Waals surface area (Å²) in [7, 11) is 0. The van der Waals surface area contributed by atoms with E-state index in [-0.39, 0.29) is 5.91 Å². The Morgan fingerprint density at radius 2 is 2.39 bits per heavy atom. The largest absolute Gasteiger partial charge is 0.351 e. The number of carbonyl (C=O) groups is 1. The molecule has 0 aliphatic carbocycles. The van der Waals surface area contributed by atoms with E-state index >= 15 is 0 Å². The van der Waals surface area contributed by atoms with Crippen LogP contribution in [0.15, 0.2) is 18.3 Å². The quantitative estimate of drug-likeness (QED) is 0.564. The van der Waals surface area contributed by atoms with Gasteiger partial charge in [-0.15, -0.1) is 0 Å². The number of rotatable bonds is 4. The van der Waals surface area contributed by atoms with Crippen LogP contribution in [-0.2, 0) is 0 Å². The third-order valence-electron chi connectivity index (χ3n) is 2.55. The monoisotopic (exact) mass is 284 g/mol. The fourth-order valence-corrected chi connectivity index (χ4v) is 4.19. The lowest BCUT2D eigenvalue weighted by atomic mass is 10.2. The van der Waals surface area contributed by atoms with Gasteiger partial charge in [-0.05, 0) is 12.1 Å². The number of nitrogens with two attached hydrogens (primary N) is 1. The minimum atomic E-state index is -0.0813. The number of hydrazine groups is 1. The zero-order valence-electron chi connectivity index (χ0n) is 9.89. The van der Waals surface area contributed by atoms with Gasteiger partial charge >= 0.3 is 0 Å². The van der Waals surface area contributed by atoms with Gasteiger partial charge < -0.3 is 10.7 Å². The Hall–Kier alpha value is -0.920. The number of aromatic nitrogens is 1. The lowest BCUT2D eigenvalue weighted by Gasteiger charge is -2.21. The molecule has 1 fully saturated rings. The second-order valence-corrected chi connectivity index (χ2v) is 6.41. The highest BCUT2D eigenvalue weighted by Gasteiger charge is 2.15. The number of nitrogens with one attached hydrogen (secondary N) is 2. The van der Waals surface area contributed by atoms with Gasteiger partial charge in [0, 0.05) is 35.3 Å². The van der Waals surface area contributed by atoms with Crippen molar-refractivity contribution in [1.82, 2.24) is 10.3 Å². The van der Waals surface area contributed by atoms with Gasteiger partial charge in [-0.3, -0.25) is 4.79 Å². The number of nitrogen functional groups attached to an aromatic ring is 1. The van der Waals surface area contributed by atoms with Crippen LogP contribution in [0.25, 0.3) is 0 Å². The van der Waals surface area contributed by atoms with E-state index in [9.17, 15) is 4.79 Å². The summed E-state index contributed by atoms with van der Waals surface area (Å²) in [5.41, 5.74) is 2.99. The summed E-state index contributed by atoms with van der Waals surface area (Å²) in [4.78, 5) is 15.9. The maximum Gasteiger partial charge on any atom is 0.252 e. The van der Waals surface area contributed by atoms with E-state index in [1.54, 1.807) is 12.1 Å². The molecule has 0 spiro atoms. The van der Waals surface area contributed by atoms with Crippen molar-refractivity contribution in [2.24, 2.45) is 5.84 Å². The molecular weight excluding hydrogens is 268 g/mol. The molecule has 1 aromatic heterocycles. The molecule has 4 N–H and O–H groups in total. The summed E-state index contributed by atoms with van der Waals surface area (Å²) in [6.07, 6.45) is 1.52. The molecule has 0 radical (unpaired) electrons. The molecule has 0 saturated carbocycles. The summed E-state index contributed by atoms with van der Waals surface area (Å²) in [5, 5.41) is 3.46. The number of thioether (sulfide) groups is 2. The normalized spacial score (nSPS) is 19.3. The van der Waals surface area contributed by atoms with Crippen molar-refractivity contribution in [2.45, 2.75) is 5.25 Å². The van der Waals surface area contributed by atoms with Gasteiger partial charge in [0.05, 0.1) is 5.56 Å². The summed E-state index contributed by atoms with van der Waals surface area (Å²) < 4.78 is 0. The number of amides is 1. The smallest absolute Gasteiger partial charge is 0.252 e. The molecule has 0 aromatic carbocycles. The third-order valence-corrected chi connectivity index (χ3v) is 5.39. The lowest BCUT2D eigenvalue weighted by Crippen LogP contribution is -2.33. The number of anilines is 1. The Balaban J connectivity index is 1.82. The van der Waals surface area contributed by atoms with Gasteiger partial charge in [-0.2, -0.15) is 23.5 Å². The van der Waals surface area contributed by atoms with E-state index in [0.717, 1.165) is 5.75 Å². The van der Waals surface area contributed by atoms with E-state index < -0.39 is 0 Å². The molecule has 1 amide bonds. The number of carbonyl (C=O) groups excluding carboxylic acids is 1. The van der Waals surface area contributed by atoms with Gasteiger partial charge in [0.15, 0.2) is 0 Å². The van der Waals surface area contributed by atoms with Crippen molar-refractivity contribution < 1.29 is 4.79 Å². The summed E-state index contributed by atoms with van der Waals surface area (Å²) in [5.74, 6) is 9.18. The Morgan fingerprint density at radius 3 is 3.00 bits per heavy atom. The maximum absolute atomic E-state index is 11.9. The summed E-state index contributed by atoms with van der Waals surface area (Å²) in [6, 6.07) is 3.39. The van der Waals surface area contributed by atoms with E-state index in [0.29, 0.717) is 23.2 Å². The molecule has 98 valence electrons. The van der Waals surface area contributed by atoms with Crippen LogP contribution in [0.2, 0.25) is 0 Å². The van der Waals surface area contributed by atoms with E-state index in [1.165, 1.54) is 17.7 Å². The first-order valence-electron chi connectivity index (χ1n) is 5.70. The number of nitrogens with zero attached hydrogens (tertiary/aromatic N) is 1. The Labute approximate surface area is 115 Å². The third kappa shape index (κ3) is 3.79. The van der Waals surface area contributed by atoms with Crippen molar-refractivity contribution in [1.29, 1.82) is 0 Å². The lowest BCUT2D eigenvalue weighted by molar-refractivity contribution is 0.0954. The molecule has 1 aliphatic rings. The van der Waals surface area contributed by atoms with Gasteiger partial charge in [0.25, 0.3) is 5.91 Å². The summed E-state index contributed by atoms with van der Waals surface area (Å²) in [6.45, 7) is 0.716. The molecule has 1 atom stereocenters. The summed E-state index contributed by atoms with van der Waals surface area (Å²) >= 11 is 3.88. The molecule has 2 rings (SSSR count). The van der Waals surface area contributed by atoms with Crippen LogP contribution < -0.4 is 16.6 Å². The predicted molar refractivity (Wildman–Crippen MR) is 78.0 cm³/mol. The first-order valence-corrected chi connectivity index (χ1v) is 7.90. The topological polar surface area (TPSA) is 80.0 Å². The van der Waals surface area contributed by atoms with Gasteiger partial charge in [0.2, 0.25) is 0 Å². The molecular formula is C11H16N4OS2. The minimum Gasteiger partial charge on any atom is -0.351 e. The van der Waals surface area contributed by atoms with E-state index in [2.05, 4.69) is 15.7 Å². The van der Waals surface area contributed by atoms with Crippen LogP contribution in [0.3, 0.4) is 0 Å². The SMILES string of the molecule is NNc1ccc(C(=O)NCC2CSCCS2)cn1. The van der Waals surface area contributed by atoms with Crippen LogP contribution in [0, 0.1) is 0 Å². The molecule has 18 heavy (non-hydrogen) atoms. The second kappa shape index (κ2) is 6.86. The fraction of sp³-hybridized carbons (Fsp3) is 0.455. The van der Waals surface area contributed by atoms with Crippen LogP contribution in [0.5, 0.6) is 0 Å². The van der Waals surface area contributed by atoms with Crippen molar-refractivity contribution in [2.75, 3.05) is 29.2 Å². The zero-order chi connectivity index (χ0) is 12.8. The molecule has 0 bridgehead atoms. The predicted octanol–water partition coefficient (Wildman–Crippen LogP) is 0.946. The highest BCUT2D eigenvalue weighted by Crippen LogP contribution is 2.23. The molecule has 2 heterocycles. The minimum absolute atomic E-state index is 0.0813. The first-order chi connectivity index (χ1) is 8.79. The molecule has 1 unspecified atom stereocenters. The molecule has 5 nitrogen and oxygen atoms in total. The Morgan fingerprint density at radius 1 is 1.50 bits per heavy atom. The van der Waals surface area contributed by atoms with Crippen LogP contribution in [-0.4, -0.2) is 39.9 Å². The Kier molecular flexibility index (Phi) is 5.15. The van der Waals surface area contributed by atoms with Gasteiger partial charge in [-0.25, -0.2) is 10.8 Å². The first kappa shape index (κ1) is 13.5. The second-order valence-electron chi connectivity index (χ2n) is 3.85. The van der Waals surface area contributed by atoms with E-state index in [1.807, 2.05) is 23.5 Å². The van der Waals surface area contributed by atoms with Crippen LogP contribution in [0.1, 0.15) is 10.4 Å². The number of pyridine rings is 1. The van der Waals surface area contributed by atoms with E-state index in [4.69, 9.17) is 5.84 Å². The maximum atomic E-state index is 11.9. The molecule has 1 aromatic rings. The molecule has 7 heteroatoms. The van der Waals surface area contributed by atoms with Gasteiger partial charge in [-0.1, -0.05) is 0 Å². The average molecular weight is 284 g/mol. The zero-order valence-corrected chi connectivity index (χ0v) is 11.5. The molecule has 1 aliphatic heterocycles. The van der Waals surface area contributed by atoms with Crippen molar-refractivity contribution in [3.05, 3.63) is 23.9 Å². The fourth-order valence-electron chi connectivity index (χ4n) is 1.58. The average Bonchev–Trinajstić information content (AvgIpc) is 2.46. The van der Waals surface area contributed by atoms with Crippen molar-refractivity contribution in [3.63, 3.8) is 0 Å². The van der Waals surface area contributed by atoms with Crippen molar-refractivity contribution in [3.8, 4) is 0 Å². The van der Waals surface area contributed by atoms with Gasteiger partial charge in [0.1, 0.15) is 5.82 Å². The Bertz CT molecular complexity index is 393. The number of hydrogen-bond acceptors (Lipinski definition) is 6. The highest BCUT2D eigenvalue weighted by atomic mass is 32.2. The standard InChI is InChI=1S/C11H16N4OS2/c12-15-10-2-1-8(5-13-10)11(16)14-6-9-7-17-3-4-18-9/h1-2,5,9H,3-4,6-7,12H2,(H,13,15)(H,14,16). The number of hydrogen-bond donors (Lipinski definition) is 3. The molecule has 1 saturated heterocycles. The van der Waals surface area contributed by atoms with Crippen LogP contribution in [0.4, 0.5) is 5.82 Å². The highest BCUT2D eigenvalue weighted by molar-refractivity contribution is 8.06. The van der Waals surface area contributed by atoms with Crippen molar-refractivity contribution >= 4 is 35.2 Å². The van der Waals surface area contributed by atoms with Crippen LogP contribution >= 0.6 is 23.5 Å².